The molecule has 4 rings (SSSR count). The predicted molar refractivity (Wildman–Crippen MR) is 129 cm³/mol. The molecule has 10 heteroatoms. The minimum absolute atomic E-state index is 0.0684. The van der Waals surface area contributed by atoms with Crippen molar-refractivity contribution in [3.05, 3.63) is 39.8 Å². The van der Waals surface area contributed by atoms with Crippen molar-refractivity contribution < 1.29 is 21.6 Å². The number of hydrogen-bond donors (Lipinski definition) is 2. The van der Waals surface area contributed by atoms with E-state index in [0.29, 0.717) is 12.8 Å². The molecule has 1 fully saturated rings. The van der Waals surface area contributed by atoms with E-state index in [0.717, 1.165) is 80.0 Å². The zero-order chi connectivity index (χ0) is 23.6. The summed E-state index contributed by atoms with van der Waals surface area (Å²) in [5.74, 6) is 0. The van der Waals surface area contributed by atoms with Crippen LogP contribution in [0.3, 0.4) is 0 Å². The van der Waals surface area contributed by atoms with E-state index in [-0.39, 0.29) is 6.54 Å². The van der Waals surface area contributed by atoms with Crippen molar-refractivity contribution in [2.75, 3.05) is 18.9 Å². The van der Waals surface area contributed by atoms with E-state index in [9.17, 15) is 21.6 Å². The lowest BCUT2D eigenvalue weighted by Gasteiger charge is -2.26. The smallest absolute Gasteiger partial charge is 0.307 e. The summed E-state index contributed by atoms with van der Waals surface area (Å²) < 4.78 is 53.4. The average molecular weight is 496 g/mol. The first-order chi connectivity index (χ1) is 15.7. The van der Waals surface area contributed by atoms with E-state index in [1.807, 2.05) is 4.72 Å². The Hall–Kier alpha value is -1.91. The maximum absolute atomic E-state index is 12.7. The third kappa shape index (κ3) is 5.44. The van der Waals surface area contributed by atoms with Crippen LogP contribution in [-0.4, -0.2) is 46.0 Å². The molecule has 8 nitrogen and oxygen atoms in total. The first-order valence-corrected chi connectivity index (χ1v) is 14.8. The van der Waals surface area contributed by atoms with Gasteiger partial charge in [0.25, 0.3) is 10.0 Å². The molecule has 0 heterocycles. The molecule has 2 N–H and O–H groups in total. The number of benzene rings is 1. The van der Waals surface area contributed by atoms with E-state index in [1.54, 1.807) is 0 Å². The number of likely N-dealkylation sites (N-methyl/N-ethyl adjacent to an activating group) is 1. The van der Waals surface area contributed by atoms with Crippen molar-refractivity contribution in [3.63, 3.8) is 0 Å². The summed E-state index contributed by atoms with van der Waals surface area (Å²) >= 11 is 0. The molecule has 0 aromatic heterocycles. The number of hydrogen-bond acceptors (Lipinski definition) is 5. The number of carbonyl (C=O) groups excluding carboxylic acids is 1. The second-order valence-corrected chi connectivity index (χ2v) is 13.2. The van der Waals surface area contributed by atoms with Crippen molar-refractivity contribution in [1.29, 1.82) is 0 Å². The fourth-order valence-corrected chi connectivity index (χ4v) is 7.76. The molecule has 2 amide bonds. The van der Waals surface area contributed by atoms with E-state index in [4.69, 9.17) is 0 Å². The van der Waals surface area contributed by atoms with Gasteiger partial charge in [0.2, 0.25) is 10.0 Å². The molecule has 1 aromatic carbocycles. The van der Waals surface area contributed by atoms with Gasteiger partial charge < -0.3 is 5.32 Å². The van der Waals surface area contributed by atoms with Crippen molar-refractivity contribution in [3.8, 4) is 0 Å². The highest BCUT2D eigenvalue weighted by molar-refractivity contribution is 7.93. The lowest BCUT2D eigenvalue weighted by atomic mass is 9.99. The molecule has 33 heavy (non-hydrogen) atoms. The standard InChI is InChI=1S/C23H33N3O5S2/c1-26(33(30,31)19-10-3-2-4-11-19)14-7-15-32(28,29)25-23(27)24-22-20-12-5-8-17(20)16-18-9-6-13-21(18)22/h7,15-16,19H,2-6,8-14H2,1H3,(H2,24,25,27)/b15-7+. The maximum atomic E-state index is 12.7. The SMILES string of the molecule is CN(C/C=C/S(=O)(=O)NC(=O)Nc1c2c(cc3c1CCC3)CCC2)S(=O)(=O)C1CCCCC1. The van der Waals surface area contributed by atoms with Gasteiger partial charge >= 0.3 is 6.03 Å². The highest BCUT2D eigenvalue weighted by Crippen LogP contribution is 2.38. The van der Waals surface area contributed by atoms with Crippen LogP contribution in [0.5, 0.6) is 0 Å². The Morgan fingerprint density at radius 1 is 0.970 bits per heavy atom. The molecule has 3 aliphatic rings. The summed E-state index contributed by atoms with van der Waals surface area (Å²) in [7, 11) is -6.07. The minimum atomic E-state index is -4.06. The van der Waals surface area contributed by atoms with Crippen LogP contribution in [0.4, 0.5) is 10.5 Å². The van der Waals surface area contributed by atoms with Gasteiger partial charge in [0.15, 0.2) is 0 Å². The Labute approximate surface area is 196 Å². The summed E-state index contributed by atoms with van der Waals surface area (Å²) in [4.78, 5) is 12.5. The van der Waals surface area contributed by atoms with Crippen LogP contribution in [0, 0.1) is 0 Å². The first kappa shape index (κ1) is 24.2. The Balaban J connectivity index is 1.37. The molecule has 1 saturated carbocycles. The van der Waals surface area contributed by atoms with E-state index in [1.165, 1.54) is 28.6 Å². The van der Waals surface area contributed by atoms with Crippen LogP contribution in [0.1, 0.15) is 67.2 Å². The largest absolute Gasteiger partial charge is 0.333 e. The monoisotopic (exact) mass is 495 g/mol. The lowest BCUT2D eigenvalue weighted by molar-refractivity contribution is 0.256. The predicted octanol–water partition coefficient (Wildman–Crippen LogP) is 3.22. The second-order valence-electron chi connectivity index (χ2n) is 9.29. The number of urea groups is 1. The van der Waals surface area contributed by atoms with Gasteiger partial charge in [0, 0.05) is 24.7 Å². The highest BCUT2D eigenvalue weighted by atomic mass is 32.2. The lowest BCUT2D eigenvalue weighted by Crippen LogP contribution is -2.37. The fourth-order valence-electron chi connectivity index (χ4n) is 5.31. The summed E-state index contributed by atoms with van der Waals surface area (Å²) in [5.41, 5.74) is 5.50. The summed E-state index contributed by atoms with van der Waals surface area (Å²) in [6.45, 7) is -0.0684. The number of sulfonamides is 2. The van der Waals surface area contributed by atoms with Gasteiger partial charge in [-0.05, 0) is 73.6 Å². The molecule has 0 bridgehead atoms. The highest BCUT2D eigenvalue weighted by Gasteiger charge is 2.30. The van der Waals surface area contributed by atoms with Crippen LogP contribution in [0.25, 0.3) is 0 Å². The molecular weight excluding hydrogens is 462 g/mol. The van der Waals surface area contributed by atoms with E-state index < -0.39 is 31.3 Å². The van der Waals surface area contributed by atoms with Gasteiger partial charge in [-0.15, -0.1) is 0 Å². The molecule has 1 aromatic rings. The molecule has 3 aliphatic carbocycles. The molecule has 0 radical (unpaired) electrons. The van der Waals surface area contributed by atoms with Gasteiger partial charge in [-0.3, -0.25) is 0 Å². The zero-order valence-corrected chi connectivity index (χ0v) is 20.7. The number of fused-ring (bicyclic) bond motifs is 2. The molecular formula is C23H33N3O5S2. The minimum Gasteiger partial charge on any atom is -0.307 e. The van der Waals surface area contributed by atoms with Gasteiger partial charge in [0.1, 0.15) is 0 Å². The van der Waals surface area contributed by atoms with Gasteiger partial charge in [-0.2, -0.15) is 0 Å². The Bertz CT molecular complexity index is 1120. The van der Waals surface area contributed by atoms with E-state index >= 15 is 0 Å². The third-order valence-electron chi connectivity index (χ3n) is 6.99. The second kappa shape index (κ2) is 9.76. The number of anilines is 1. The number of nitrogens with one attached hydrogen (secondary N) is 2. The Morgan fingerprint density at radius 2 is 1.58 bits per heavy atom. The van der Waals surface area contributed by atoms with E-state index in [2.05, 4.69) is 11.4 Å². The molecule has 0 spiro atoms. The molecule has 0 atom stereocenters. The quantitative estimate of drug-likeness (QED) is 0.603. The molecule has 0 saturated heterocycles. The average Bonchev–Trinajstić information content (AvgIpc) is 3.43. The van der Waals surface area contributed by atoms with Gasteiger partial charge in [-0.25, -0.2) is 30.7 Å². The van der Waals surface area contributed by atoms with Gasteiger partial charge in [0.05, 0.1) is 5.25 Å². The van der Waals surface area contributed by atoms with Crippen LogP contribution >= 0.6 is 0 Å². The fraction of sp³-hybridized carbons (Fsp3) is 0.609. The van der Waals surface area contributed by atoms with Crippen LogP contribution in [0.2, 0.25) is 0 Å². The summed E-state index contributed by atoms with van der Waals surface area (Å²) in [6.07, 6.45) is 11.2. The van der Waals surface area contributed by atoms with Crippen molar-refractivity contribution in [2.45, 2.75) is 75.9 Å². The van der Waals surface area contributed by atoms with Crippen LogP contribution in [0.15, 0.2) is 17.6 Å². The Kier molecular flexibility index (Phi) is 7.16. The normalized spacial score (nSPS) is 19.1. The Morgan fingerprint density at radius 3 is 2.18 bits per heavy atom. The molecule has 182 valence electrons. The maximum Gasteiger partial charge on any atom is 0.333 e. The zero-order valence-electron chi connectivity index (χ0n) is 19.1. The number of rotatable bonds is 7. The van der Waals surface area contributed by atoms with Gasteiger partial charge in [-0.1, -0.05) is 31.4 Å². The first-order valence-electron chi connectivity index (χ1n) is 11.8. The number of nitrogens with zero attached hydrogens (tertiary/aromatic N) is 1. The summed E-state index contributed by atoms with van der Waals surface area (Å²) in [6, 6.07) is 1.45. The topological polar surface area (TPSA) is 113 Å². The third-order valence-corrected chi connectivity index (χ3v) is 10.3. The van der Waals surface area contributed by atoms with Crippen molar-refractivity contribution in [2.24, 2.45) is 0 Å². The number of amides is 2. The number of carbonyl (C=O) groups is 1. The van der Waals surface area contributed by atoms with Crippen molar-refractivity contribution in [1.82, 2.24) is 9.03 Å². The summed E-state index contributed by atoms with van der Waals surface area (Å²) in [5, 5.41) is 3.25. The van der Waals surface area contributed by atoms with Crippen molar-refractivity contribution >= 4 is 31.8 Å². The molecule has 0 unspecified atom stereocenters. The van der Waals surface area contributed by atoms with Crippen LogP contribution < -0.4 is 10.0 Å². The van der Waals surface area contributed by atoms with Crippen LogP contribution in [-0.2, 0) is 45.7 Å². The molecule has 0 aliphatic heterocycles. The number of aryl methyl sites for hydroxylation is 2.